The molecule has 0 radical (unpaired) electrons. The zero-order valence-electron chi connectivity index (χ0n) is 10.6. The van der Waals surface area contributed by atoms with Crippen molar-refractivity contribution in [3.05, 3.63) is 16.6 Å². The van der Waals surface area contributed by atoms with Crippen LogP contribution in [-0.4, -0.2) is 11.0 Å². The van der Waals surface area contributed by atoms with E-state index in [1.54, 1.807) is 11.3 Å². The fraction of sp³-hybridized carbons (Fsp3) is 0.769. The van der Waals surface area contributed by atoms with Crippen molar-refractivity contribution in [3.63, 3.8) is 0 Å². The van der Waals surface area contributed by atoms with E-state index in [2.05, 4.69) is 17.3 Å². The molecule has 1 saturated carbocycles. The minimum atomic E-state index is 0.421. The van der Waals surface area contributed by atoms with Crippen LogP contribution < -0.4 is 11.3 Å². The number of nitrogens with zero attached hydrogens (tertiary/aromatic N) is 1. The van der Waals surface area contributed by atoms with E-state index in [-0.39, 0.29) is 0 Å². The van der Waals surface area contributed by atoms with E-state index < -0.39 is 0 Å². The Balaban J connectivity index is 1.93. The van der Waals surface area contributed by atoms with Crippen molar-refractivity contribution in [3.8, 4) is 0 Å². The van der Waals surface area contributed by atoms with Gasteiger partial charge in [0.05, 0.1) is 5.51 Å². The third-order valence-electron chi connectivity index (χ3n) is 4.09. The average Bonchev–Trinajstić information content (AvgIpc) is 2.89. The second-order valence-electron chi connectivity index (χ2n) is 5.15. The number of hydrogen-bond donors (Lipinski definition) is 2. The van der Waals surface area contributed by atoms with E-state index in [1.165, 1.54) is 37.0 Å². The van der Waals surface area contributed by atoms with Crippen LogP contribution in [0.3, 0.4) is 0 Å². The fourth-order valence-electron chi connectivity index (χ4n) is 2.99. The molecule has 1 heterocycles. The van der Waals surface area contributed by atoms with Crippen LogP contribution in [0.25, 0.3) is 0 Å². The van der Waals surface area contributed by atoms with Crippen molar-refractivity contribution >= 4 is 11.3 Å². The quantitative estimate of drug-likeness (QED) is 0.626. The maximum absolute atomic E-state index is 5.74. The van der Waals surface area contributed by atoms with Crippen LogP contribution in [0.4, 0.5) is 0 Å². The van der Waals surface area contributed by atoms with E-state index >= 15 is 0 Å². The van der Waals surface area contributed by atoms with E-state index in [4.69, 9.17) is 5.84 Å². The Labute approximate surface area is 108 Å². The van der Waals surface area contributed by atoms with Crippen LogP contribution in [0.2, 0.25) is 0 Å². The van der Waals surface area contributed by atoms with Gasteiger partial charge in [0.1, 0.15) is 0 Å². The summed E-state index contributed by atoms with van der Waals surface area (Å²) in [6.45, 7) is 2.31. The third kappa shape index (κ3) is 3.50. The van der Waals surface area contributed by atoms with Gasteiger partial charge in [-0.25, -0.2) is 0 Å². The number of nitrogens with two attached hydrogens (primary N) is 1. The summed E-state index contributed by atoms with van der Waals surface area (Å²) in [5.41, 5.74) is 4.94. The first-order valence-electron chi connectivity index (χ1n) is 6.67. The Morgan fingerprint density at radius 2 is 2.47 bits per heavy atom. The summed E-state index contributed by atoms with van der Waals surface area (Å²) in [6.07, 6.45) is 9.75. The van der Waals surface area contributed by atoms with Crippen LogP contribution in [0.15, 0.2) is 11.7 Å². The first kappa shape index (κ1) is 13.0. The largest absolute Gasteiger partial charge is 0.271 e. The molecule has 0 bridgehead atoms. The fourth-order valence-corrected chi connectivity index (χ4v) is 3.64. The molecule has 3 unspecified atom stereocenters. The third-order valence-corrected chi connectivity index (χ3v) is 4.89. The van der Waals surface area contributed by atoms with E-state index in [1.807, 2.05) is 11.7 Å². The molecule has 17 heavy (non-hydrogen) atoms. The molecule has 0 spiro atoms. The second-order valence-corrected chi connectivity index (χ2v) is 6.12. The maximum atomic E-state index is 5.74. The highest BCUT2D eigenvalue weighted by Gasteiger charge is 2.27. The summed E-state index contributed by atoms with van der Waals surface area (Å²) < 4.78 is 0. The molecule has 2 rings (SSSR count). The van der Waals surface area contributed by atoms with E-state index in [0.29, 0.717) is 6.04 Å². The molecule has 0 aromatic carbocycles. The highest BCUT2D eigenvalue weighted by atomic mass is 32.1. The van der Waals surface area contributed by atoms with Crippen LogP contribution >= 0.6 is 11.3 Å². The lowest BCUT2D eigenvalue weighted by molar-refractivity contribution is 0.208. The van der Waals surface area contributed by atoms with Crippen molar-refractivity contribution < 1.29 is 0 Å². The Morgan fingerprint density at radius 3 is 3.12 bits per heavy atom. The minimum Gasteiger partial charge on any atom is -0.271 e. The Hall–Kier alpha value is -0.450. The molecule has 1 aliphatic carbocycles. The SMILES string of the molecule is CCC1CCCC(C(Cc2cncs2)NN)C1. The summed E-state index contributed by atoms with van der Waals surface area (Å²) >= 11 is 1.73. The van der Waals surface area contributed by atoms with Crippen LogP contribution in [0, 0.1) is 11.8 Å². The molecule has 1 aromatic heterocycles. The monoisotopic (exact) mass is 253 g/mol. The summed E-state index contributed by atoms with van der Waals surface area (Å²) in [4.78, 5) is 5.48. The molecule has 0 aliphatic heterocycles. The molecule has 1 fully saturated rings. The number of aromatic nitrogens is 1. The number of nitrogens with one attached hydrogen (secondary N) is 1. The molecule has 3 nitrogen and oxygen atoms in total. The van der Waals surface area contributed by atoms with Gasteiger partial charge >= 0.3 is 0 Å². The van der Waals surface area contributed by atoms with Gasteiger partial charge in [0.15, 0.2) is 0 Å². The highest BCUT2D eigenvalue weighted by molar-refractivity contribution is 7.09. The first-order valence-corrected chi connectivity index (χ1v) is 7.55. The Morgan fingerprint density at radius 1 is 1.59 bits per heavy atom. The zero-order chi connectivity index (χ0) is 12.1. The number of hydrazine groups is 1. The second kappa shape index (κ2) is 6.47. The summed E-state index contributed by atoms with van der Waals surface area (Å²) in [5.74, 6) is 7.39. The molecule has 3 atom stereocenters. The minimum absolute atomic E-state index is 0.421. The lowest BCUT2D eigenvalue weighted by Crippen LogP contribution is -2.43. The lowest BCUT2D eigenvalue weighted by atomic mass is 9.76. The summed E-state index contributed by atoms with van der Waals surface area (Å²) in [6, 6.07) is 0.421. The van der Waals surface area contributed by atoms with Gasteiger partial charge in [0.25, 0.3) is 0 Å². The van der Waals surface area contributed by atoms with Gasteiger partial charge < -0.3 is 0 Å². The maximum Gasteiger partial charge on any atom is 0.0794 e. The average molecular weight is 253 g/mol. The van der Waals surface area contributed by atoms with Gasteiger partial charge in [-0.3, -0.25) is 16.3 Å². The topological polar surface area (TPSA) is 50.9 Å². The summed E-state index contributed by atoms with van der Waals surface area (Å²) in [7, 11) is 0. The molecular formula is C13H23N3S. The standard InChI is InChI=1S/C13H23N3S/c1-2-10-4-3-5-11(6-10)13(16-14)7-12-8-15-9-17-12/h8-11,13,16H,2-7,14H2,1H3. The van der Waals surface area contributed by atoms with Gasteiger partial charge in [0.2, 0.25) is 0 Å². The van der Waals surface area contributed by atoms with Gasteiger partial charge in [-0.15, -0.1) is 11.3 Å². The van der Waals surface area contributed by atoms with Gasteiger partial charge in [-0.2, -0.15) is 0 Å². The molecule has 0 amide bonds. The molecule has 0 saturated heterocycles. The van der Waals surface area contributed by atoms with Crippen LogP contribution in [0.5, 0.6) is 0 Å². The normalized spacial score (nSPS) is 26.9. The van der Waals surface area contributed by atoms with Crippen molar-refractivity contribution in [2.75, 3.05) is 0 Å². The van der Waals surface area contributed by atoms with Crippen LogP contribution in [-0.2, 0) is 6.42 Å². The molecule has 4 heteroatoms. The molecule has 1 aromatic rings. The highest BCUT2D eigenvalue weighted by Crippen LogP contribution is 2.33. The van der Waals surface area contributed by atoms with Gasteiger partial charge in [-0.1, -0.05) is 26.2 Å². The van der Waals surface area contributed by atoms with Crippen molar-refractivity contribution in [2.45, 2.75) is 51.5 Å². The lowest BCUT2D eigenvalue weighted by Gasteiger charge is -2.33. The smallest absolute Gasteiger partial charge is 0.0794 e. The van der Waals surface area contributed by atoms with E-state index in [0.717, 1.165) is 18.3 Å². The predicted octanol–water partition coefficient (Wildman–Crippen LogP) is 2.73. The number of hydrogen-bond acceptors (Lipinski definition) is 4. The summed E-state index contributed by atoms with van der Waals surface area (Å²) in [5, 5.41) is 0. The zero-order valence-corrected chi connectivity index (χ0v) is 11.4. The predicted molar refractivity (Wildman–Crippen MR) is 72.7 cm³/mol. The Kier molecular flexibility index (Phi) is 4.95. The Bertz CT molecular complexity index is 312. The van der Waals surface area contributed by atoms with Gasteiger partial charge in [-0.05, 0) is 24.7 Å². The number of rotatable bonds is 5. The molecule has 96 valence electrons. The van der Waals surface area contributed by atoms with Crippen molar-refractivity contribution in [2.24, 2.45) is 17.7 Å². The van der Waals surface area contributed by atoms with Gasteiger partial charge in [0, 0.05) is 23.5 Å². The van der Waals surface area contributed by atoms with Crippen LogP contribution in [0.1, 0.15) is 43.9 Å². The van der Waals surface area contributed by atoms with Crippen molar-refractivity contribution in [1.82, 2.24) is 10.4 Å². The molecule has 1 aliphatic rings. The molecule has 3 N–H and O–H groups in total. The molecular weight excluding hydrogens is 230 g/mol. The first-order chi connectivity index (χ1) is 8.33. The van der Waals surface area contributed by atoms with Crippen molar-refractivity contribution in [1.29, 1.82) is 0 Å². The van der Waals surface area contributed by atoms with E-state index in [9.17, 15) is 0 Å². The number of thiazole rings is 1.